The lowest BCUT2D eigenvalue weighted by atomic mass is 10.1. The minimum atomic E-state index is -4.49. The first-order valence-electron chi connectivity index (χ1n) is 5.83. The summed E-state index contributed by atoms with van der Waals surface area (Å²) in [5.74, 6) is 0.475. The largest absolute Gasteiger partial charge is 0.496 e. The maximum atomic E-state index is 12.4. The second kappa shape index (κ2) is 5.54. The van der Waals surface area contributed by atoms with Crippen molar-refractivity contribution >= 4 is 0 Å². The van der Waals surface area contributed by atoms with E-state index >= 15 is 0 Å². The first-order chi connectivity index (χ1) is 9.41. The van der Waals surface area contributed by atoms with E-state index in [0.29, 0.717) is 11.3 Å². The monoisotopic (exact) mass is 286 g/mol. The molecule has 1 aromatic carbocycles. The number of rotatable bonds is 4. The van der Waals surface area contributed by atoms with Crippen molar-refractivity contribution in [3.05, 3.63) is 47.8 Å². The number of ether oxygens (including phenoxy) is 1. The molecule has 2 aromatic rings. The molecule has 0 bridgehead atoms. The summed E-state index contributed by atoms with van der Waals surface area (Å²) >= 11 is 0. The summed E-state index contributed by atoms with van der Waals surface area (Å²) < 4.78 is 43.4. The van der Waals surface area contributed by atoms with Crippen LogP contribution in [0.1, 0.15) is 17.4 Å². The molecule has 108 valence electrons. The number of aromatic nitrogens is 2. The zero-order valence-corrected chi connectivity index (χ0v) is 10.6. The number of aliphatic hydroxyl groups is 1. The molecule has 20 heavy (non-hydrogen) atoms. The fourth-order valence-electron chi connectivity index (χ4n) is 1.83. The van der Waals surface area contributed by atoms with Gasteiger partial charge in [-0.15, -0.1) is 0 Å². The Balaban J connectivity index is 2.15. The Morgan fingerprint density at radius 2 is 2.00 bits per heavy atom. The predicted molar refractivity (Wildman–Crippen MR) is 65.2 cm³/mol. The van der Waals surface area contributed by atoms with Crippen LogP contribution in [0.4, 0.5) is 13.2 Å². The van der Waals surface area contributed by atoms with Crippen molar-refractivity contribution in [2.24, 2.45) is 0 Å². The molecule has 1 aromatic heterocycles. The molecule has 0 saturated carbocycles. The van der Waals surface area contributed by atoms with Gasteiger partial charge in [-0.05, 0) is 12.1 Å². The van der Waals surface area contributed by atoms with E-state index in [4.69, 9.17) is 4.74 Å². The van der Waals surface area contributed by atoms with E-state index < -0.39 is 18.0 Å². The quantitative estimate of drug-likeness (QED) is 0.940. The molecule has 0 aliphatic carbocycles. The summed E-state index contributed by atoms with van der Waals surface area (Å²) in [5, 5.41) is 13.5. The Bertz CT molecular complexity index is 581. The highest BCUT2D eigenvalue weighted by Gasteiger charge is 2.33. The third-order valence-corrected chi connectivity index (χ3v) is 2.79. The maximum absolute atomic E-state index is 12.4. The Morgan fingerprint density at radius 3 is 2.60 bits per heavy atom. The highest BCUT2D eigenvalue weighted by molar-refractivity contribution is 5.34. The first-order valence-corrected chi connectivity index (χ1v) is 5.83. The SMILES string of the molecule is COc1ccccc1C(O)Cn1ccc(C(F)(F)F)n1. The standard InChI is InChI=1S/C13H13F3N2O2/c1-20-11-5-3-2-4-9(11)10(19)8-18-7-6-12(17-18)13(14,15)16/h2-7,10,19H,8H2,1H3. The number of methoxy groups -OCH3 is 1. The van der Waals surface area contributed by atoms with Crippen LogP contribution in [0.25, 0.3) is 0 Å². The van der Waals surface area contributed by atoms with Gasteiger partial charge in [0.1, 0.15) is 11.9 Å². The lowest BCUT2D eigenvalue weighted by molar-refractivity contribution is -0.141. The highest BCUT2D eigenvalue weighted by atomic mass is 19.4. The molecule has 0 fully saturated rings. The van der Waals surface area contributed by atoms with Gasteiger partial charge in [-0.1, -0.05) is 18.2 Å². The van der Waals surface area contributed by atoms with Crippen LogP contribution < -0.4 is 4.74 Å². The fourth-order valence-corrected chi connectivity index (χ4v) is 1.83. The van der Waals surface area contributed by atoms with E-state index in [1.807, 2.05) is 0 Å². The summed E-state index contributed by atoms with van der Waals surface area (Å²) in [6.07, 6.45) is -4.31. The number of alkyl halides is 3. The lowest BCUT2D eigenvalue weighted by Crippen LogP contribution is -2.12. The van der Waals surface area contributed by atoms with Crippen LogP contribution in [-0.2, 0) is 12.7 Å². The van der Waals surface area contributed by atoms with Crippen LogP contribution in [0.2, 0.25) is 0 Å². The Labute approximate surface area is 113 Å². The molecule has 1 N–H and O–H groups in total. The summed E-state index contributed by atoms with van der Waals surface area (Å²) in [6, 6.07) is 7.64. The van der Waals surface area contributed by atoms with Crippen LogP contribution in [0.5, 0.6) is 5.75 Å². The van der Waals surface area contributed by atoms with E-state index in [2.05, 4.69) is 5.10 Å². The normalized spacial score (nSPS) is 13.2. The van der Waals surface area contributed by atoms with Gasteiger partial charge in [-0.2, -0.15) is 18.3 Å². The molecule has 7 heteroatoms. The highest BCUT2D eigenvalue weighted by Crippen LogP contribution is 2.29. The number of benzene rings is 1. The average Bonchev–Trinajstić information content (AvgIpc) is 2.87. The third-order valence-electron chi connectivity index (χ3n) is 2.79. The molecular formula is C13H13F3N2O2. The van der Waals surface area contributed by atoms with Gasteiger partial charge in [-0.25, -0.2) is 0 Å². The van der Waals surface area contributed by atoms with Gasteiger partial charge in [0.05, 0.1) is 13.7 Å². The van der Waals surface area contributed by atoms with Crippen LogP contribution in [0.3, 0.4) is 0 Å². The van der Waals surface area contributed by atoms with E-state index in [9.17, 15) is 18.3 Å². The van der Waals surface area contributed by atoms with Gasteiger partial charge >= 0.3 is 6.18 Å². The van der Waals surface area contributed by atoms with E-state index in [1.165, 1.54) is 13.3 Å². The minimum Gasteiger partial charge on any atom is -0.496 e. The molecule has 0 spiro atoms. The number of para-hydroxylation sites is 1. The van der Waals surface area contributed by atoms with Crippen LogP contribution >= 0.6 is 0 Å². The maximum Gasteiger partial charge on any atom is 0.435 e. The molecule has 0 aliphatic heterocycles. The number of halogens is 3. The number of hydrogen-bond donors (Lipinski definition) is 1. The van der Waals surface area contributed by atoms with E-state index in [-0.39, 0.29) is 6.54 Å². The third kappa shape index (κ3) is 3.11. The molecule has 1 heterocycles. The van der Waals surface area contributed by atoms with Gasteiger partial charge in [0, 0.05) is 11.8 Å². The van der Waals surface area contributed by atoms with Gasteiger partial charge in [0.2, 0.25) is 0 Å². The molecule has 0 radical (unpaired) electrons. The molecular weight excluding hydrogens is 273 g/mol. The summed E-state index contributed by atoms with van der Waals surface area (Å²) in [6.45, 7) is -0.0869. The number of hydrogen-bond acceptors (Lipinski definition) is 3. The first kappa shape index (κ1) is 14.4. The topological polar surface area (TPSA) is 47.3 Å². The van der Waals surface area contributed by atoms with Crippen molar-refractivity contribution in [1.82, 2.24) is 9.78 Å². The van der Waals surface area contributed by atoms with Crippen molar-refractivity contribution in [1.29, 1.82) is 0 Å². The smallest absolute Gasteiger partial charge is 0.435 e. The van der Waals surface area contributed by atoms with Gasteiger partial charge in [0.15, 0.2) is 5.69 Å². The predicted octanol–water partition coefficient (Wildman–Crippen LogP) is 2.64. The fraction of sp³-hybridized carbons (Fsp3) is 0.308. The second-order valence-electron chi connectivity index (χ2n) is 4.18. The molecule has 1 atom stereocenters. The van der Waals surface area contributed by atoms with E-state index in [0.717, 1.165) is 10.7 Å². The number of nitrogens with zero attached hydrogens (tertiary/aromatic N) is 2. The lowest BCUT2D eigenvalue weighted by Gasteiger charge is -2.14. The average molecular weight is 286 g/mol. The summed E-state index contributed by atoms with van der Waals surface area (Å²) in [4.78, 5) is 0. The van der Waals surface area contributed by atoms with Crippen molar-refractivity contribution in [3.63, 3.8) is 0 Å². The van der Waals surface area contributed by atoms with Crippen molar-refractivity contribution in [2.45, 2.75) is 18.8 Å². The summed E-state index contributed by atoms with van der Waals surface area (Å²) in [5.41, 5.74) is -0.483. The molecule has 0 saturated heterocycles. The second-order valence-corrected chi connectivity index (χ2v) is 4.18. The van der Waals surface area contributed by atoms with Crippen LogP contribution in [-0.4, -0.2) is 22.0 Å². The molecule has 4 nitrogen and oxygen atoms in total. The zero-order valence-electron chi connectivity index (χ0n) is 10.6. The molecule has 1 unspecified atom stereocenters. The van der Waals surface area contributed by atoms with Crippen LogP contribution in [0, 0.1) is 0 Å². The Morgan fingerprint density at radius 1 is 1.30 bits per heavy atom. The van der Waals surface area contributed by atoms with Gasteiger partial charge in [0.25, 0.3) is 0 Å². The van der Waals surface area contributed by atoms with Gasteiger partial charge < -0.3 is 9.84 Å². The van der Waals surface area contributed by atoms with Crippen molar-refractivity contribution in [2.75, 3.05) is 7.11 Å². The minimum absolute atomic E-state index is 0.0869. The van der Waals surface area contributed by atoms with E-state index in [1.54, 1.807) is 24.3 Å². The van der Waals surface area contributed by atoms with Gasteiger partial charge in [-0.3, -0.25) is 4.68 Å². The Kier molecular flexibility index (Phi) is 3.99. The van der Waals surface area contributed by atoms with Crippen molar-refractivity contribution < 1.29 is 23.0 Å². The van der Waals surface area contributed by atoms with Crippen LogP contribution in [0.15, 0.2) is 36.5 Å². The number of aliphatic hydroxyl groups excluding tert-OH is 1. The molecule has 0 aliphatic rings. The zero-order chi connectivity index (χ0) is 14.8. The molecule has 2 rings (SSSR count). The Hall–Kier alpha value is -2.02. The van der Waals surface area contributed by atoms with Crippen molar-refractivity contribution in [3.8, 4) is 5.75 Å². The molecule has 0 amide bonds. The summed E-state index contributed by atoms with van der Waals surface area (Å²) in [7, 11) is 1.46.